The van der Waals surface area contributed by atoms with Crippen molar-refractivity contribution in [1.82, 2.24) is 9.55 Å². The van der Waals surface area contributed by atoms with E-state index in [0.29, 0.717) is 13.1 Å². The maximum absolute atomic E-state index is 12.5. The fraction of sp³-hybridized carbons (Fsp3) is 0.389. The monoisotopic (exact) mass is 326 g/mol. The van der Waals surface area contributed by atoms with Crippen LogP contribution < -0.4 is 16.7 Å². The topological polar surface area (TPSA) is 90.0 Å². The van der Waals surface area contributed by atoms with Crippen LogP contribution in [0.2, 0.25) is 0 Å². The first-order valence-electron chi connectivity index (χ1n) is 8.28. The van der Waals surface area contributed by atoms with Gasteiger partial charge in [-0.25, -0.2) is 9.78 Å². The molecular weight excluding hydrogens is 304 g/mol. The molecule has 1 fully saturated rings. The fourth-order valence-corrected chi connectivity index (χ4v) is 3.35. The second-order valence-electron chi connectivity index (χ2n) is 6.25. The van der Waals surface area contributed by atoms with Crippen LogP contribution in [0.25, 0.3) is 0 Å². The zero-order chi connectivity index (χ0) is 16.9. The van der Waals surface area contributed by atoms with Crippen LogP contribution >= 0.6 is 0 Å². The predicted octanol–water partition coefficient (Wildman–Crippen LogP) is 1.61. The highest BCUT2D eigenvalue weighted by Crippen LogP contribution is 2.31. The van der Waals surface area contributed by atoms with E-state index >= 15 is 0 Å². The molecule has 0 saturated heterocycles. The average molecular weight is 326 g/mol. The van der Waals surface area contributed by atoms with Gasteiger partial charge in [-0.05, 0) is 49.1 Å². The highest BCUT2D eigenvalue weighted by Gasteiger charge is 2.31. The van der Waals surface area contributed by atoms with E-state index in [0.717, 1.165) is 30.5 Å². The molecule has 3 N–H and O–H groups in total. The summed E-state index contributed by atoms with van der Waals surface area (Å²) in [6.07, 6.45) is 6.16. The number of hydrogen-bond donors (Lipinski definition) is 2. The van der Waals surface area contributed by atoms with E-state index in [1.807, 2.05) is 24.3 Å². The number of amides is 1. The first kappa shape index (κ1) is 16.4. The van der Waals surface area contributed by atoms with E-state index in [-0.39, 0.29) is 23.4 Å². The van der Waals surface area contributed by atoms with Crippen LogP contribution in [0.4, 0.5) is 5.69 Å². The third-order valence-electron chi connectivity index (χ3n) is 4.63. The highest BCUT2D eigenvalue weighted by molar-refractivity contribution is 5.93. The summed E-state index contributed by atoms with van der Waals surface area (Å²) < 4.78 is 1.53. The molecular formula is C18H22N4O2. The molecule has 6 nitrogen and oxygen atoms in total. The Morgan fingerprint density at radius 1 is 1.33 bits per heavy atom. The maximum atomic E-state index is 12.5. The Labute approximate surface area is 140 Å². The number of carbonyl (C=O) groups is 1. The second-order valence-corrected chi connectivity index (χ2v) is 6.25. The Balaban J connectivity index is 1.70. The molecule has 1 aliphatic rings. The summed E-state index contributed by atoms with van der Waals surface area (Å²) in [7, 11) is 0. The molecule has 126 valence electrons. The van der Waals surface area contributed by atoms with Gasteiger partial charge in [0, 0.05) is 24.0 Å². The van der Waals surface area contributed by atoms with Gasteiger partial charge in [0.25, 0.3) is 0 Å². The third kappa shape index (κ3) is 3.71. The van der Waals surface area contributed by atoms with Gasteiger partial charge in [0.1, 0.15) is 0 Å². The minimum Gasteiger partial charge on any atom is -0.330 e. The van der Waals surface area contributed by atoms with Crippen molar-refractivity contribution in [3.63, 3.8) is 0 Å². The molecule has 0 unspecified atom stereocenters. The van der Waals surface area contributed by atoms with Crippen LogP contribution in [0, 0.1) is 11.8 Å². The molecule has 2 atom stereocenters. The first-order valence-corrected chi connectivity index (χ1v) is 8.28. The summed E-state index contributed by atoms with van der Waals surface area (Å²) in [6.45, 7) is 0.979. The molecule has 3 rings (SSSR count). The van der Waals surface area contributed by atoms with E-state index in [9.17, 15) is 9.59 Å². The fourth-order valence-electron chi connectivity index (χ4n) is 3.35. The Bertz CT molecular complexity index is 771. The number of nitrogens with one attached hydrogen (secondary N) is 1. The summed E-state index contributed by atoms with van der Waals surface area (Å²) in [5.41, 5.74) is 7.16. The van der Waals surface area contributed by atoms with Gasteiger partial charge in [-0.3, -0.25) is 9.36 Å². The molecule has 0 bridgehead atoms. The first-order chi connectivity index (χ1) is 11.7. The van der Waals surface area contributed by atoms with Gasteiger partial charge in [-0.2, -0.15) is 0 Å². The molecule has 6 heteroatoms. The molecule has 0 spiro atoms. The number of benzene rings is 1. The Kier molecular flexibility index (Phi) is 5.05. The zero-order valence-corrected chi connectivity index (χ0v) is 13.5. The predicted molar refractivity (Wildman–Crippen MR) is 92.6 cm³/mol. The quantitative estimate of drug-likeness (QED) is 0.873. The molecule has 1 aliphatic carbocycles. The second kappa shape index (κ2) is 7.40. The van der Waals surface area contributed by atoms with Crippen molar-refractivity contribution in [2.24, 2.45) is 17.6 Å². The number of nitrogens with two attached hydrogens (primary N) is 1. The number of nitrogens with zero attached hydrogens (tertiary/aromatic N) is 2. The van der Waals surface area contributed by atoms with Crippen molar-refractivity contribution < 1.29 is 4.79 Å². The van der Waals surface area contributed by atoms with E-state index < -0.39 is 0 Å². The normalized spacial score (nSPS) is 20.0. The maximum Gasteiger partial charge on any atom is 0.347 e. The highest BCUT2D eigenvalue weighted by atomic mass is 16.2. The van der Waals surface area contributed by atoms with Crippen molar-refractivity contribution in [2.75, 3.05) is 11.9 Å². The molecule has 1 saturated carbocycles. The third-order valence-corrected chi connectivity index (χ3v) is 4.63. The summed E-state index contributed by atoms with van der Waals surface area (Å²) in [5, 5.41) is 2.99. The van der Waals surface area contributed by atoms with Crippen LogP contribution in [0.1, 0.15) is 24.8 Å². The minimum absolute atomic E-state index is 0.000371. The molecule has 1 aromatic carbocycles. The van der Waals surface area contributed by atoms with Gasteiger partial charge in [-0.1, -0.05) is 18.6 Å². The largest absolute Gasteiger partial charge is 0.347 e. The SMILES string of the molecule is NC[C@H]1CCC[C@H]1C(=O)Nc1cccc(Cn2cccnc2=O)c1. The van der Waals surface area contributed by atoms with E-state index in [1.165, 1.54) is 10.8 Å². The molecule has 0 radical (unpaired) electrons. The number of aromatic nitrogens is 2. The lowest BCUT2D eigenvalue weighted by Crippen LogP contribution is -2.29. The van der Waals surface area contributed by atoms with Crippen LogP contribution in [-0.2, 0) is 11.3 Å². The van der Waals surface area contributed by atoms with Crippen molar-refractivity contribution in [3.05, 3.63) is 58.8 Å². The molecule has 1 amide bonds. The summed E-state index contributed by atoms with van der Waals surface area (Å²) in [4.78, 5) is 27.9. The van der Waals surface area contributed by atoms with Crippen LogP contribution in [0.15, 0.2) is 47.5 Å². The molecule has 1 heterocycles. The van der Waals surface area contributed by atoms with Crippen LogP contribution in [-0.4, -0.2) is 22.0 Å². The Morgan fingerprint density at radius 2 is 2.21 bits per heavy atom. The summed E-state index contributed by atoms with van der Waals surface area (Å²) >= 11 is 0. The zero-order valence-electron chi connectivity index (χ0n) is 13.5. The number of anilines is 1. The van der Waals surface area contributed by atoms with Crippen LogP contribution in [0.3, 0.4) is 0 Å². The van der Waals surface area contributed by atoms with Crippen molar-refractivity contribution in [1.29, 1.82) is 0 Å². The van der Waals surface area contributed by atoms with Gasteiger partial charge in [-0.15, -0.1) is 0 Å². The van der Waals surface area contributed by atoms with Gasteiger partial charge < -0.3 is 11.1 Å². The molecule has 1 aromatic heterocycles. The number of hydrogen-bond acceptors (Lipinski definition) is 4. The summed E-state index contributed by atoms with van der Waals surface area (Å²) in [6, 6.07) is 9.28. The Morgan fingerprint density at radius 3 is 3.00 bits per heavy atom. The molecule has 2 aromatic rings. The van der Waals surface area contributed by atoms with E-state index in [2.05, 4.69) is 10.3 Å². The Hall–Kier alpha value is -2.47. The van der Waals surface area contributed by atoms with Gasteiger partial charge in [0.2, 0.25) is 5.91 Å². The van der Waals surface area contributed by atoms with Crippen molar-refractivity contribution in [3.8, 4) is 0 Å². The minimum atomic E-state index is -0.288. The van der Waals surface area contributed by atoms with E-state index in [4.69, 9.17) is 5.73 Å². The van der Waals surface area contributed by atoms with Gasteiger partial charge in [0.05, 0.1) is 6.54 Å². The smallest absolute Gasteiger partial charge is 0.330 e. The molecule has 24 heavy (non-hydrogen) atoms. The standard InChI is InChI=1S/C18H22N4O2/c19-11-14-5-2-7-16(14)17(23)21-15-6-1-4-13(10-15)12-22-9-3-8-20-18(22)24/h1,3-4,6,8-10,14,16H,2,5,7,11-12,19H2,(H,21,23)/t14-,16-/m1/s1. The summed E-state index contributed by atoms with van der Waals surface area (Å²) in [5.74, 6) is 0.320. The van der Waals surface area contributed by atoms with Crippen molar-refractivity contribution >= 4 is 11.6 Å². The van der Waals surface area contributed by atoms with Gasteiger partial charge >= 0.3 is 5.69 Å². The average Bonchev–Trinajstić information content (AvgIpc) is 3.06. The number of carbonyl (C=O) groups excluding carboxylic acids is 1. The van der Waals surface area contributed by atoms with Crippen LogP contribution in [0.5, 0.6) is 0 Å². The lowest BCUT2D eigenvalue weighted by Gasteiger charge is -2.17. The lowest BCUT2D eigenvalue weighted by atomic mass is 9.95. The number of rotatable bonds is 5. The lowest BCUT2D eigenvalue weighted by molar-refractivity contribution is -0.120. The van der Waals surface area contributed by atoms with Crippen molar-refractivity contribution in [2.45, 2.75) is 25.8 Å². The van der Waals surface area contributed by atoms with E-state index in [1.54, 1.807) is 12.3 Å². The molecule has 0 aliphatic heterocycles. The van der Waals surface area contributed by atoms with Gasteiger partial charge in [0.15, 0.2) is 0 Å².